The smallest absolute Gasteiger partial charge is 0.272 e. The molecule has 0 bridgehead atoms. The normalized spacial score (nSPS) is 21.0. The molecule has 1 aliphatic carbocycles. The van der Waals surface area contributed by atoms with E-state index in [4.69, 9.17) is 0 Å². The van der Waals surface area contributed by atoms with E-state index in [1.807, 2.05) is 18.2 Å². The number of carbonyl (C=O) groups excluding carboxylic acids is 3. The third-order valence-corrected chi connectivity index (χ3v) is 7.18. The van der Waals surface area contributed by atoms with Crippen LogP contribution in [0.3, 0.4) is 0 Å². The zero-order valence-electron chi connectivity index (χ0n) is 20.2. The van der Waals surface area contributed by atoms with Crippen LogP contribution in [0.1, 0.15) is 78.4 Å². The van der Waals surface area contributed by atoms with Gasteiger partial charge >= 0.3 is 0 Å². The number of hydrogen-bond donors (Lipinski definition) is 2. The summed E-state index contributed by atoms with van der Waals surface area (Å²) in [5.74, 6) is -0.779. The lowest BCUT2D eigenvalue weighted by atomic mass is 9.95. The molecule has 2 heterocycles. The zero-order chi connectivity index (χ0) is 24.1. The number of fused-ring (bicyclic) bond motifs is 1. The molecule has 2 N–H and O–H groups in total. The summed E-state index contributed by atoms with van der Waals surface area (Å²) in [5, 5.41) is 10.5. The van der Waals surface area contributed by atoms with Gasteiger partial charge in [-0.2, -0.15) is 5.10 Å². The van der Waals surface area contributed by atoms with E-state index in [1.165, 1.54) is 34.1 Å². The summed E-state index contributed by atoms with van der Waals surface area (Å²) in [5.41, 5.74) is 0.692. The van der Waals surface area contributed by atoms with Crippen LogP contribution in [0, 0.1) is 0 Å². The largest absolute Gasteiger partial charge is 0.351 e. The number of carbonyl (C=O) groups is 3. The molecule has 0 spiro atoms. The fourth-order valence-corrected chi connectivity index (χ4v) is 4.83. The van der Waals surface area contributed by atoms with Crippen LogP contribution in [0.25, 0.3) is 0 Å². The first kappa shape index (κ1) is 24.0. The van der Waals surface area contributed by atoms with Crippen LogP contribution in [-0.4, -0.2) is 57.6 Å². The SMILES string of the molecule is CN1C(=O)c2cc(C(=O)NCCCc3ccccc3)nn2C[C@@]1(C)C(=O)NC1CCCCCC1. The van der Waals surface area contributed by atoms with Gasteiger partial charge in [-0.25, -0.2) is 0 Å². The van der Waals surface area contributed by atoms with Crippen molar-refractivity contribution in [1.82, 2.24) is 25.3 Å². The fourth-order valence-electron chi connectivity index (χ4n) is 4.83. The lowest BCUT2D eigenvalue weighted by Gasteiger charge is -2.41. The summed E-state index contributed by atoms with van der Waals surface area (Å²) in [6.45, 7) is 2.50. The third kappa shape index (κ3) is 5.16. The van der Waals surface area contributed by atoms with E-state index in [2.05, 4.69) is 27.9 Å². The second-order valence-corrected chi connectivity index (χ2v) is 9.72. The van der Waals surface area contributed by atoms with Crippen molar-refractivity contribution in [3.05, 3.63) is 53.3 Å². The Balaban J connectivity index is 1.38. The summed E-state index contributed by atoms with van der Waals surface area (Å²) in [6.07, 6.45) is 8.27. The molecule has 3 amide bonds. The first-order valence-corrected chi connectivity index (χ1v) is 12.4. The van der Waals surface area contributed by atoms with Gasteiger partial charge in [0.25, 0.3) is 11.8 Å². The first-order chi connectivity index (χ1) is 16.4. The average molecular weight is 466 g/mol. The number of nitrogens with one attached hydrogen (secondary N) is 2. The monoisotopic (exact) mass is 465 g/mol. The van der Waals surface area contributed by atoms with Crippen LogP contribution in [0.4, 0.5) is 0 Å². The van der Waals surface area contributed by atoms with Crippen molar-refractivity contribution in [2.75, 3.05) is 13.6 Å². The Hall–Kier alpha value is -3.16. The quantitative estimate of drug-likeness (QED) is 0.485. The highest BCUT2D eigenvalue weighted by Crippen LogP contribution is 2.27. The van der Waals surface area contributed by atoms with Crippen LogP contribution in [-0.2, 0) is 17.8 Å². The predicted octanol–water partition coefficient (Wildman–Crippen LogP) is 2.93. The number of amides is 3. The molecule has 2 aromatic rings. The van der Waals surface area contributed by atoms with Gasteiger partial charge in [0.15, 0.2) is 5.69 Å². The molecule has 8 heteroatoms. The molecule has 1 atom stereocenters. The molecule has 1 saturated carbocycles. The topological polar surface area (TPSA) is 96.3 Å². The molecular weight excluding hydrogens is 430 g/mol. The molecule has 8 nitrogen and oxygen atoms in total. The summed E-state index contributed by atoms with van der Waals surface area (Å²) in [6, 6.07) is 11.8. The Morgan fingerprint density at radius 3 is 2.53 bits per heavy atom. The number of aromatic nitrogens is 2. The van der Waals surface area contributed by atoms with E-state index in [0.29, 0.717) is 12.2 Å². The molecule has 1 aliphatic heterocycles. The minimum absolute atomic E-state index is 0.145. The van der Waals surface area contributed by atoms with Gasteiger partial charge in [0.2, 0.25) is 5.91 Å². The van der Waals surface area contributed by atoms with Crippen molar-refractivity contribution < 1.29 is 14.4 Å². The molecule has 34 heavy (non-hydrogen) atoms. The number of likely N-dealkylation sites (N-methyl/N-ethyl adjacent to an activating group) is 1. The second kappa shape index (κ2) is 10.4. The average Bonchev–Trinajstić information content (AvgIpc) is 3.09. The highest BCUT2D eigenvalue weighted by atomic mass is 16.2. The molecule has 1 fully saturated rings. The fraction of sp³-hybridized carbons (Fsp3) is 0.538. The Labute approximate surface area is 201 Å². The maximum Gasteiger partial charge on any atom is 0.272 e. The van der Waals surface area contributed by atoms with E-state index < -0.39 is 5.54 Å². The van der Waals surface area contributed by atoms with Crippen molar-refractivity contribution >= 4 is 17.7 Å². The highest BCUT2D eigenvalue weighted by molar-refractivity contribution is 6.01. The first-order valence-electron chi connectivity index (χ1n) is 12.4. The summed E-state index contributed by atoms with van der Waals surface area (Å²) >= 11 is 0. The minimum atomic E-state index is -1.06. The number of aryl methyl sites for hydroxylation is 1. The van der Waals surface area contributed by atoms with Gasteiger partial charge in [-0.1, -0.05) is 56.0 Å². The summed E-state index contributed by atoms with van der Waals surface area (Å²) < 4.78 is 1.51. The Kier molecular flexibility index (Phi) is 7.34. The number of nitrogens with zero attached hydrogens (tertiary/aromatic N) is 3. The molecule has 0 unspecified atom stereocenters. The van der Waals surface area contributed by atoms with Crippen molar-refractivity contribution in [2.45, 2.75) is 76.4 Å². The van der Waals surface area contributed by atoms with Crippen molar-refractivity contribution in [3.63, 3.8) is 0 Å². The molecule has 2 aliphatic rings. The third-order valence-electron chi connectivity index (χ3n) is 7.18. The number of rotatable bonds is 7. The maximum atomic E-state index is 13.3. The summed E-state index contributed by atoms with van der Waals surface area (Å²) in [7, 11) is 1.65. The van der Waals surface area contributed by atoms with E-state index in [1.54, 1.807) is 14.0 Å². The molecular formula is C26H35N5O3. The van der Waals surface area contributed by atoms with Gasteiger partial charge in [-0.3, -0.25) is 19.1 Å². The Morgan fingerprint density at radius 1 is 1.12 bits per heavy atom. The van der Waals surface area contributed by atoms with E-state index >= 15 is 0 Å². The van der Waals surface area contributed by atoms with E-state index in [0.717, 1.165) is 38.5 Å². The van der Waals surface area contributed by atoms with Crippen molar-refractivity contribution in [2.24, 2.45) is 0 Å². The van der Waals surface area contributed by atoms with Gasteiger partial charge in [-0.05, 0) is 38.2 Å². The standard InChI is InChI=1S/C26H35N5O3/c1-26(25(34)28-20-14-8-3-4-9-15-20)18-31-22(24(33)30(26)2)17-21(29-31)23(32)27-16-10-13-19-11-6-5-7-12-19/h5-7,11-12,17,20H,3-4,8-10,13-16,18H2,1-2H3,(H,27,32)(H,28,34)/t26-/m0/s1. The molecule has 182 valence electrons. The van der Waals surface area contributed by atoms with Gasteiger partial charge in [0, 0.05) is 25.7 Å². The molecule has 1 aromatic carbocycles. The van der Waals surface area contributed by atoms with Crippen molar-refractivity contribution in [3.8, 4) is 0 Å². The molecule has 1 aromatic heterocycles. The Morgan fingerprint density at radius 2 is 1.82 bits per heavy atom. The number of benzene rings is 1. The Bertz CT molecular complexity index is 1030. The predicted molar refractivity (Wildman–Crippen MR) is 129 cm³/mol. The van der Waals surface area contributed by atoms with Crippen LogP contribution in [0.2, 0.25) is 0 Å². The minimum Gasteiger partial charge on any atom is -0.351 e. The van der Waals surface area contributed by atoms with Gasteiger partial charge in [-0.15, -0.1) is 0 Å². The van der Waals surface area contributed by atoms with Crippen LogP contribution in [0.15, 0.2) is 36.4 Å². The van der Waals surface area contributed by atoms with Gasteiger partial charge in [0.05, 0.1) is 6.54 Å². The van der Waals surface area contributed by atoms with Gasteiger partial charge < -0.3 is 15.5 Å². The molecule has 0 radical (unpaired) electrons. The van der Waals surface area contributed by atoms with E-state index in [-0.39, 0.29) is 36.0 Å². The zero-order valence-corrected chi connectivity index (χ0v) is 20.2. The second-order valence-electron chi connectivity index (χ2n) is 9.72. The highest BCUT2D eigenvalue weighted by Gasteiger charge is 2.46. The lowest BCUT2D eigenvalue weighted by Crippen LogP contribution is -2.63. The maximum absolute atomic E-state index is 13.3. The van der Waals surface area contributed by atoms with Crippen molar-refractivity contribution in [1.29, 1.82) is 0 Å². The van der Waals surface area contributed by atoms with Crippen LogP contribution in [0.5, 0.6) is 0 Å². The molecule has 0 saturated heterocycles. The molecule has 4 rings (SSSR count). The van der Waals surface area contributed by atoms with Gasteiger partial charge in [0.1, 0.15) is 11.2 Å². The lowest BCUT2D eigenvalue weighted by molar-refractivity contribution is -0.133. The van der Waals surface area contributed by atoms with Crippen LogP contribution < -0.4 is 10.6 Å². The van der Waals surface area contributed by atoms with E-state index in [9.17, 15) is 14.4 Å². The number of hydrogen-bond acceptors (Lipinski definition) is 4. The summed E-state index contributed by atoms with van der Waals surface area (Å²) in [4.78, 5) is 40.5. The van der Waals surface area contributed by atoms with Crippen LogP contribution >= 0.6 is 0 Å².